The molecule has 31 heavy (non-hydrogen) atoms. The summed E-state index contributed by atoms with van der Waals surface area (Å²) in [6.45, 7) is 0.591. The monoisotopic (exact) mass is 428 g/mol. The van der Waals surface area contributed by atoms with Gasteiger partial charge >= 0.3 is 0 Å². The second-order valence-electron chi connectivity index (χ2n) is 7.17. The van der Waals surface area contributed by atoms with Crippen molar-refractivity contribution in [3.05, 3.63) is 78.1 Å². The predicted molar refractivity (Wildman–Crippen MR) is 123 cm³/mol. The van der Waals surface area contributed by atoms with Gasteiger partial charge in [0, 0.05) is 47.6 Å². The lowest BCUT2D eigenvalue weighted by molar-refractivity contribution is 0.422. The van der Waals surface area contributed by atoms with Crippen molar-refractivity contribution in [1.82, 2.24) is 20.1 Å². The van der Waals surface area contributed by atoms with Crippen LogP contribution >= 0.6 is 11.3 Å². The van der Waals surface area contributed by atoms with Gasteiger partial charge in [0.05, 0.1) is 10.2 Å². The molecule has 0 aliphatic carbocycles. The van der Waals surface area contributed by atoms with Gasteiger partial charge in [-0.3, -0.25) is 4.98 Å². The van der Waals surface area contributed by atoms with Crippen molar-refractivity contribution in [3.63, 3.8) is 0 Å². The van der Waals surface area contributed by atoms with Crippen LogP contribution in [0.2, 0.25) is 0 Å². The molecule has 0 spiro atoms. The number of hydrogen-bond acceptors (Lipinski definition) is 8. The number of benzene rings is 1. The minimum absolute atomic E-state index is 0.0493. The molecule has 0 amide bonds. The van der Waals surface area contributed by atoms with Crippen LogP contribution < -0.4 is 11.1 Å². The lowest BCUT2D eigenvalue weighted by atomic mass is 10.1. The Morgan fingerprint density at radius 2 is 1.87 bits per heavy atom. The Morgan fingerprint density at radius 3 is 2.65 bits per heavy atom. The molecule has 0 fully saturated rings. The molecule has 0 radical (unpaired) electrons. The number of nitrogens with two attached hydrogens (primary N) is 1. The predicted octanol–water partition coefficient (Wildman–Crippen LogP) is 4.39. The molecule has 5 rings (SSSR count). The van der Waals surface area contributed by atoms with Crippen LogP contribution in [0.25, 0.3) is 32.9 Å². The first-order valence-electron chi connectivity index (χ1n) is 9.91. The van der Waals surface area contributed by atoms with Crippen LogP contribution in [0.1, 0.15) is 5.56 Å². The largest absolute Gasteiger partial charge is 0.367 e. The Hall–Kier alpha value is -3.62. The Balaban J connectivity index is 1.49. The fourth-order valence-electron chi connectivity index (χ4n) is 3.42. The van der Waals surface area contributed by atoms with Gasteiger partial charge in [-0.25, -0.2) is 9.97 Å². The molecule has 0 aliphatic rings. The summed E-state index contributed by atoms with van der Waals surface area (Å²) in [7, 11) is 0. The zero-order chi connectivity index (χ0) is 21.0. The molecule has 5 aromatic rings. The van der Waals surface area contributed by atoms with Gasteiger partial charge in [0.25, 0.3) is 0 Å². The highest BCUT2D eigenvalue weighted by molar-refractivity contribution is 7.18. The number of nitrogens with one attached hydrogen (secondary N) is 1. The van der Waals surface area contributed by atoms with E-state index in [0.29, 0.717) is 12.4 Å². The fourth-order valence-corrected chi connectivity index (χ4v) is 4.38. The van der Waals surface area contributed by atoms with Crippen molar-refractivity contribution < 1.29 is 4.52 Å². The molecular formula is C23H20N6OS. The molecule has 0 saturated heterocycles. The molecule has 1 atom stereocenters. The molecule has 0 saturated carbocycles. The van der Waals surface area contributed by atoms with E-state index < -0.39 is 0 Å². The van der Waals surface area contributed by atoms with E-state index in [1.165, 1.54) is 5.56 Å². The highest BCUT2D eigenvalue weighted by Gasteiger charge is 2.17. The van der Waals surface area contributed by atoms with E-state index in [9.17, 15) is 0 Å². The Kier molecular flexibility index (Phi) is 5.39. The number of hydrogen-bond donors (Lipinski definition) is 2. The molecule has 3 N–H and O–H groups in total. The molecule has 4 heterocycles. The van der Waals surface area contributed by atoms with Gasteiger partial charge in [-0.05, 0) is 24.1 Å². The van der Waals surface area contributed by atoms with E-state index in [1.54, 1.807) is 30.0 Å². The Morgan fingerprint density at radius 1 is 1.03 bits per heavy atom. The summed E-state index contributed by atoms with van der Waals surface area (Å²) in [5.41, 5.74) is 11.0. The van der Waals surface area contributed by atoms with Crippen molar-refractivity contribution >= 4 is 27.4 Å². The average molecular weight is 429 g/mol. The van der Waals surface area contributed by atoms with E-state index in [0.717, 1.165) is 39.3 Å². The van der Waals surface area contributed by atoms with E-state index >= 15 is 0 Å². The number of rotatable bonds is 7. The van der Waals surface area contributed by atoms with Gasteiger partial charge in [-0.2, -0.15) is 0 Å². The van der Waals surface area contributed by atoms with Crippen molar-refractivity contribution in [2.45, 2.75) is 12.5 Å². The zero-order valence-electron chi connectivity index (χ0n) is 16.6. The van der Waals surface area contributed by atoms with Crippen LogP contribution in [0.3, 0.4) is 0 Å². The Bertz CT molecular complexity index is 1270. The standard InChI is InChI=1S/C23H20N6OS/c24-17(12-15-4-2-1-3-5-15)13-26-23-21-20(18(14-31-21)19-8-11-30-29-19)27-22(28-23)16-6-9-25-10-7-16/h1-11,14,17H,12-13,24H2,(H,26,27,28)/t17-/m0/s1. The fraction of sp³-hybridized carbons (Fsp3) is 0.130. The second-order valence-corrected chi connectivity index (χ2v) is 8.05. The van der Waals surface area contributed by atoms with Gasteiger partial charge in [-0.15, -0.1) is 11.3 Å². The van der Waals surface area contributed by atoms with Crippen LogP contribution in [0.4, 0.5) is 5.82 Å². The molecule has 0 aliphatic heterocycles. The maximum Gasteiger partial charge on any atom is 0.162 e. The van der Waals surface area contributed by atoms with Crippen LogP contribution in [0.5, 0.6) is 0 Å². The molecular weight excluding hydrogens is 408 g/mol. The van der Waals surface area contributed by atoms with E-state index in [-0.39, 0.29) is 6.04 Å². The molecule has 0 unspecified atom stereocenters. The third-order valence-electron chi connectivity index (χ3n) is 4.94. The van der Waals surface area contributed by atoms with Crippen molar-refractivity contribution in [2.24, 2.45) is 5.73 Å². The molecule has 154 valence electrons. The second kappa shape index (κ2) is 8.63. The topological polar surface area (TPSA) is 103 Å². The number of aromatic nitrogens is 4. The summed E-state index contributed by atoms with van der Waals surface area (Å²) in [5, 5.41) is 9.56. The summed E-state index contributed by atoms with van der Waals surface area (Å²) in [6, 6.07) is 15.8. The highest BCUT2D eigenvalue weighted by atomic mass is 32.1. The first kappa shape index (κ1) is 19.3. The number of anilines is 1. The third-order valence-corrected chi connectivity index (χ3v) is 5.92. The van der Waals surface area contributed by atoms with Crippen LogP contribution in [-0.4, -0.2) is 32.7 Å². The first-order valence-corrected chi connectivity index (χ1v) is 10.8. The summed E-state index contributed by atoms with van der Waals surface area (Å²) in [4.78, 5) is 13.7. The highest BCUT2D eigenvalue weighted by Crippen LogP contribution is 2.36. The van der Waals surface area contributed by atoms with Crippen LogP contribution in [0, 0.1) is 0 Å². The minimum Gasteiger partial charge on any atom is -0.367 e. The third kappa shape index (κ3) is 4.16. The molecule has 4 aromatic heterocycles. The molecule has 8 heteroatoms. The van der Waals surface area contributed by atoms with Gasteiger partial charge < -0.3 is 15.6 Å². The number of fused-ring (bicyclic) bond motifs is 1. The molecule has 7 nitrogen and oxygen atoms in total. The number of thiophene rings is 1. The van der Waals surface area contributed by atoms with E-state index in [2.05, 4.69) is 27.6 Å². The SMILES string of the molecule is N[C@H](CNc1nc(-c2ccncc2)nc2c(-c3ccon3)csc12)Cc1ccccc1. The van der Waals surface area contributed by atoms with Gasteiger partial charge in [-0.1, -0.05) is 35.5 Å². The lowest BCUT2D eigenvalue weighted by Crippen LogP contribution is -2.31. The van der Waals surface area contributed by atoms with E-state index in [1.807, 2.05) is 41.8 Å². The lowest BCUT2D eigenvalue weighted by Gasteiger charge is -2.14. The zero-order valence-corrected chi connectivity index (χ0v) is 17.4. The van der Waals surface area contributed by atoms with E-state index in [4.69, 9.17) is 20.2 Å². The number of nitrogens with zero attached hydrogens (tertiary/aromatic N) is 4. The normalized spacial score (nSPS) is 12.2. The molecule has 0 bridgehead atoms. The van der Waals surface area contributed by atoms with Gasteiger partial charge in [0.2, 0.25) is 0 Å². The quantitative estimate of drug-likeness (QED) is 0.396. The molecule has 1 aromatic carbocycles. The summed E-state index contributed by atoms with van der Waals surface area (Å²) < 4.78 is 6.00. The van der Waals surface area contributed by atoms with Crippen molar-refractivity contribution in [1.29, 1.82) is 0 Å². The number of pyridine rings is 1. The minimum atomic E-state index is -0.0493. The smallest absolute Gasteiger partial charge is 0.162 e. The van der Waals surface area contributed by atoms with Crippen molar-refractivity contribution in [2.75, 3.05) is 11.9 Å². The maximum atomic E-state index is 6.40. The summed E-state index contributed by atoms with van der Waals surface area (Å²) >= 11 is 1.58. The Labute approximate surface area is 183 Å². The van der Waals surface area contributed by atoms with Gasteiger partial charge in [0.15, 0.2) is 5.82 Å². The van der Waals surface area contributed by atoms with Crippen LogP contribution in [-0.2, 0) is 6.42 Å². The van der Waals surface area contributed by atoms with Crippen molar-refractivity contribution in [3.8, 4) is 22.6 Å². The summed E-state index contributed by atoms with van der Waals surface area (Å²) in [6.07, 6.45) is 5.81. The summed E-state index contributed by atoms with van der Waals surface area (Å²) in [5.74, 6) is 1.39. The van der Waals surface area contributed by atoms with Gasteiger partial charge in [0.1, 0.15) is 17.8 Å². The average Bonchev–Trinajstić information content (AvgIpc) is 3.48. The maximum absolute atomic E-state index is 6.40. The van der Waals surface area contributed by atoms with Crippen LogP contribution in [0.15, 0.2) is 77.1 Å². The first-order chi connectivity index (χ1) is 15.3.